The number of fused-ring (bicyclic) bond motifs is 3. The van der Waals surface area contributed by atoms with Gasteiger partial charge in [-0.05, 0) is 17.7 Å². The lowest BCUT2D eigenvalue weighted by atomic mass is 10.1. The summed E-state index contributed by atoms with van der Waals surface area (Å²) in [5.74, 6) is 0.504. The second-order valence-corrected chi connectivity index (χ2v) is 3.61. The van der Waals surface area contributed by atoms with Crippen LogP contribution < -0.4 is 9.47 Å². The minimum absolute atomic E-state index is 0.000353. The highest BCUT2D eigenvalue weighted by atomic mass is 16.7. The topological polar surface area (TPSA) is 71.5 Å². The Kier molecular flexibility index (Phi) is 1.80. The predicted molar refractivity (Wildman–Crippen MR) is 55.8 cm³/mol. The second-order valence-electron chi connectivity index (χ2n) is 3.61. The van der Waals surface area contributed by atoms with Gasteiger partial charge in [-0.3, -0.25) is 4.79 Å². The highest BCUT2D eigenvalue weighted by Gasteiger charge is 2.19. The number of ether oxygens (including phenoxy) is 2. The summed E-state index contributed by atoms with van der Waals surface area (Å²) in [5, 5.41) is 9.64. The first-order valence-electron chi connectivity index (χ1n) is 4.86. The van der Waals surface area contributed by atoms with Crippen LogP contribution in [-0.2, 0) is 11.2 Å². The third kappa shape index (κ3) is 1.21. The van der Waals surface area contributed by atoms with Gasteiger partial charge in [-0.2, -0.15) is 0 Å². The van der Waals surface area contributed by atoms with E-state index in [-0.39, 0.29) is 13.2 Å². The van der Waals surface area contributed by atoms with Gasteiger partial charge in [0, 0.05) is 11.6 Å². The summed E-state index contributed by atoms with van der Waals surface area (Å²) in [6.45, 7) is 0.210. The van der Waals surface area contributed by atoms with E-state index in [1.54, 1.807) is 12.3 Å². The summed E-state index contributed by atoms with van der Waals surface area (Å²) >= 11 is 0. The normalized spacial score (nSPS) is 13.2. The van der Waals surface area contributed by atoms with Crippen molar-refractivity contribution in [1.29, 1.82) is 0 Å². The highest BCUT2D eigenvalue weighted by molar-refractivity contribution is 5.93. The molecule has 0 unspecified atom stereocenters. The third-order valence-electron chi connectivity index (χ3n) is 2.62. The lowest BCUT2D eigenvalue weighted by Gasteiger charge is -1.98. The summed E-state index contributed by atoms with van der Waals surface area (Å²) in [6.07, 6.45) is 1.69. The molecule has 1 aliphatic heterocycles. The number of benzene rings is 1. The zero-order valence-corrected chi connectivity index (χ0v) is 8.32. The molecule has 0 atom stereocenters. The van der Waals surface area contributed by atoms with Crippen LogP contribution >= 0.6 is 0 Å². The lowest BCUT2D eigenvalue weighted by Crippen LogP contribution is -1.98. The largest absolute Gasteiger partial charge is 0.481 e. The fraction of sp³-hybridized carbons (Fsp3) is 0.182. The number of nitrogens with one attached hydrogen (secondary N) is 1. The molecule has 1 aliphatic rings. The molecule has 0 aliphatic carbocycles. The second kappa shape index (κ2) is 3.16. The smallest absolute Gasteiger partial charge is 0.307 e. The summed E-state index contributed by atoms with van der Waals surface area (Å²) in [6, 6.07) is 3.64. The first-order valence-corrected chi connectivity index (χ1v) is 4.86. The maximum absolute atomic E-state index is 10.7. The van der Waals surface area contributed by atoms with Crippen molar-refractivity contribution in [2.75, 3.05) is 6.79 Å². The van der Waals surface area contributed by atoms with Gasteiger partial charge in [-0.15, -0.1) is 0 Å². The van der Waals surface area contributed by atoms with Crippen LogP contribution in [0.2, 0.25) is 0 Å². The molecule has 1 aromatic heterocycles. The molecule has 0 amide bonds. The van der Waals surface area contributed by atoms with Crippen LogP contribution in [0.3, 0.4) is 0 Å². The van der Waals surface area contributed by atoms with Crippen molar-refractivity contribution >= 4 is 16.9 Å². The van der Waals surface area contributed by atoms with Crippen LogP contribution in [0.5, 0.6) is 11.5 Å². The first kappa shape index (κ1) is 9.08. The Morgan fingerprint density at radius 1 is 1.44 bits per heavy atom. The van der Waals surface area contributed by atoms with Crippen molar-refractivity contribution in [3.05, 3.63) is 23.9 Å². The number of hydrogen-bond donors (Lipinski definition) is 2. The summed E-state index contributed by atoms with van der Waals surface area (Å²) in [5.41, 5.74) is 1.55. The molecular formula is C11H9NO4. The van der Waals surface area contributed by atoms with Crippen LogP contribution in [0, 0.1) is 0 Å². The maximum Gasteiger partial charge on any atom is 0.307 e. The Hall–Kier alpha value is -2.17. The van der Waals surface area contributed by atoms with Crippen molar-refractivity contribution in [2.45, 2.75) is 6.42 Å². The molecule has 0 bridgehead atoms. The van der Waals surface area contributed by atoms with E-state index in [0.29, 0.717) is 11.5 Å². The standard InChI is InChI=1S/C11H9NO4/c13-9(14)3-6-4-12-10-7(6)1-2-8-11(10)16-5-15-8/h1-2,4,12H,3,5H2,(H,13,14). The molecule has 2 heterocycles. The quantitative estimate of drug-likeness (QED) is 0.803. The number of hydrogen-bond acceptors (Lipinski definition) is 3. The zero-order chi connectivity index (χ0) is 11.1. The SMILES string of the molecule is O=C(O)Cc1c[nH]c2c3c(ccc12)OCO3. The van der Waals surface area contributed by atoms with Crippen LogP contribution in [0.1, 0.15) is 5.56 Å². The fourth-order valence-corrected chi connectivity index (χ4v) is 1.93. The number of rotatable bonds is 2. The minimum Gasteiger partial charge on any atom is -0.481 e. The van der Waals surface area contributed by atoms with E-state index in [4.69, 9.17) is 14.6 Å². The monoisotopic (exact) mass is 219 g/mol. The van der Waals surface area contributed by atoms with Crippen molar-refractivity contribution in [1.82, 2.24) is 4.98 Å². The van der Waals surface area contributed by atoms with Crippen LogP contribution in [-0.4, -0.2) is 22.9 Å². The number of aromatic amines is 1. The molecule has 0 spiro atoms. The van der Waals surface area contributed by atoms with Gasteiger partial charge in [0.05, 0.1) is 11.9 Å². The van der Waals surface area contributed by atoms with E-state index in [0.717, 1.165) is 16.5 Å². The number of H-pyrrole nitrogens is 1. The molecule has 0 radical (unpaired) electrons. The summed E-state index contributed by atoms with van der Waals surface area (Å²) in [7, 11) is 0. The number of carboxylic acid groups (broad SMARTS) is 1. The van der Waals surface area contributed by atoms with Gasteiger partial charge < -0.3 is 19.6 Å². The van der Waals surface area contributed by atoms with Gasteiger partial charge in [-0.25, -0.2) is 0 Å². The minimum atomic E-state index is -0.849. The molecule has 0 saturated heterocycles. The van der Waals surface area contributed by atoms with E-state index in [1.807, 2.05) is 6.07 Å². The Balaban J connectivity index is 2.18. The predicted octanol–water partition coefficient (Wildman–Crippen LogP) is 1.52. The number of carboxylic acids is 1. The third-order valence-corrected chi connectivity index (χ3v) is 2.62. The number of carbonyl (C=O) groups is 1. The molecule has 5 heteroatoms. The molecule has 3 rings (SSSR count). The Morgan fingerprint density at radius 2 is 2.31 bits per heavy atom. The van der Waals surface area contributed by atoms with E-state index in [2.05, 4.69) is 4.98 Å². The number of aliphatic carboxylic acids is 1. The maximum atomic E-state index is 10.7. The van der Waals surface area contributed by atoms with Gasteiger partial charge in [0.2, 0.25) is 6.79 Å². The number of aromatic nitrogens is 1. The lowest BCUT2D eigenvalue weighted by molar-refractivity contribution is -0.136. The van der Waals surface area contributed by atoms with Crippen molar-refractivity contribution < 1.29 is 19.4 Å². The zero-order valence-electron chi connectivity index (χ0n) is 8.32. The van der Waals surface area contributed by atoms with E-state index in [9.17, 15) is 4.79 Å². The molecule has 2 N–H and O–H groups in total. The highest BCUT2D eigenvalue weighted by Crippen LogP contribution is 2.39. The van der Waals surface area contributed by atoms with Gasteiger partial charge >= 0.3 is 5.97 Å². The average Bonchev–Trinajstić information content (AvgIpc) is 2.82. The van der Waals surface area contributed by atoms with Gasteiger partial charge in [0.15, 0.2) is 11.5 Å². The Morgan fingerprint density at radius 3 is 3.12 bits per heavy atom. The van der Waals surface area contributed by atoms with Crippen LogP contribution in [0.4, 0.5) is 0 Å². The van der Waals surface area contributed by atoms with E-state index in [1.165, 1.54) is 0 Å². The first-order chi connectivity index (χ1) is 7.75. The Labute approximate surface area is 90.6 Å². The van der Waals surface area contributed by atoms with Crippen LogP contribution in [0.15, 0.2) is 18.3 Å². The van der Waals surface area contributed by atoms with Gasteiger partial charge in [-0.1, -0.05) is 0 Å². The molecule has 82 valence electrons. The fourth-order valence-electron chi connectivity index (χ4n) is 1.93. The van der Waals surface area contributed by atoms with Gasteiger partial charge in [0.1, 0.15) is 0 Å². The van der Waals surface area contributed by atoms with Crippen molar-refractivity contribution in [3.63, 3.8) is 0 Å². The molecule has 0 saturated carbocycles. The summed E-state index contributed by atoms with van der Waals surface area (Å²) < 4.78 is 10.6. The molecule has 1 aromatic carbocycles. The molecule has 5 nitrogen and oxygen atoms in total. The van der Waals surface area contributed by atoms with Crippen molar-refractivity contribution in [2.24, 2.45) is 0 Å². The van der Waals surface area contributed by atoms with Crippen LogP contribution in [0.25, 0.3) is 10.9 Å². The van der Waals surface area contributed by atoms with E-state index >= 15 is 0 Å². The molecule has 0 fully saturated rings. The van der Waals surface area contributed by atoms with E-state index < -0.39 is 5.97 Å². The molecule has 16 heavy (non-hydrogen) atoms. The van der Waals surface area contributed by atoms with Gasteiger partial charge in [0.25, 0.3) is 0 Å². The molecule has 2 aromatic rings. The average molecular weight is 219 g/mol. The molecular weight excluding hydrogens is 210 g/mol. The Bertz CT molecular complexity index is 573. The summed E-state index contributed by atoms with van der Waals surface area (Å²) in [4.78, 5) is 13.7. The van der Waals surface area contributed by atoms with Crippen molar-refractivity contribution in [3.8, 4) is 11.5 Å².